The van der Waals surface area contributed by atoms with Crippen LogP contribution in [0.5, 0.6) is 5.75 Å². The second-order valence-electron chi connectivity index (χ2n) is 7.20. The Labute approximate surface area is 175 Å². The van der Waals surface area contributed by atoms with Gasteiger partial charge < -0.3 is 25.2 Å². The summed E-state index contributed by atoms with van der Waals surface area (Å²) >= 11 is 0. The van der Waals surface area contributed by atoms with Gasteiger partial charge in [0.1, 0.15) is 11.6 Å². The first kappa shape index (κ1) is 21.8. The average Bonchev–Trinajstić information content (AvgIpc) is 2.74. The van der Waals surface area contributed by atoms with Gasteiger partial charge >= 0.3 is 12.6 Å². The third kappa shape index (κ3) is 6.84. The maximum atomic E-state index is 12.1. The van der Waals surface area contributed by atoms with Crippen LogP contribution < -0.4 is 20.3 Å². The molecule has 30 heavy (non-hydrogen) atoms. The summed E-state index contributed by atoms with van der Waals surface area (Å²) in [5.74, 6) is 1.08. The molecular weight excluding hydrogens is 392 g/mol. The Morgan fingerprint density at radius 3 is 2.40 bits per heavy atom. The van der Waals surface area contributed by atoms with Crippen molar-refractivity contribution in [3.8, 4) is 5.75 Å². The van der Waals surface area contributed by atoms with Crippen LogP contribution in [0.1, 0.15) is 11.1 Å². The first-order valence-corrected chi connectivity index (χ1v) is 9.93. The number of carbonyl (C=O) groups is 1. The number of hydrogen-bond acceptors (Lipinski definition) is 5. The fraction of sp³-hybridized carbons (Fsp3) is 0.429. The molecule has 0 unspecified atom stereocenters. The standard InChI is InChI=1S/C21H27F2N5O2/c1-27-10-12-28(13-11-27)19-7-4-17(14-25-19)15-26-21(29)24-9-8-16-2-5-18(6-3-16)30-20(22)23/h2-7,14,20H,8-13,15H2,1H3,(H2,24,26,29). The van der Waals surface area contributed by atoms with E-state index in [-0.39, 0.29) is 11.8 Å². The number of pyridine rings is 1. The first-order chi connectivity index (χ1) is 14.5. The maximum absolute atomic E-state index is 12.1. The third-order valence-electron chi connectivity index (χ3n) is 4.94. The molecule has 0 aliphatic carbocycles. The minimum absolute atomic E-state index is 0.117. The van der Waals surface area contributed by atoms with E-state index in [0.29, 0.717) is 19.5 Å². The summed E-state index contributed by atoms with van der Waals surface area (Å²) in [5, 5.41) is 5.59. The molecule has 2 N–H and O–H groups in total. The molecule has 3 rings (SSSR count). The summed E-state index contributed by atoms with van der Waals surface area (Å²) in [5.41, 5.74) is 1.85. The molecule has 1 fully saturated rings. The zero-order valence-electron chi connectivity index (χ0n) is 17.0. The number of likely N-dealkylation sites (N-methyl/N-ethyl adjacent to an activating group) is 1. The topological polar surface area (TPSA) is 69.7 Å². The van der Waals surface area contributed by atoms with Crippen molar-refractivity contribution in [1.29, 1.82) is 0 Å². The van der Waals surface area contributed by atoms with Crippen LogP contribution in [0, 0.1) is 0 Å². The molecule has 1 aliphatic heterocycles. The molecule has 0 atom stereocenters. The quantitative estimate of drug-likeness (QED) is 0.688. The molecule has 2 heterocycles. The van der Waals surface area contributed by atoms with E-state index in [1.165, 1.54) is 12.1 Å². The normalized spacial score (nSPS) is 14.6. The van der Waals surface area contributed by atoms with Gasteiger partial charge in [-0.25, -0.2) is 9.78 Å². The van der Waals surface area contributed by atoms with E-state index >= 15 is 0 Å². The van der Waals surface area contributed by atoms with Crippen LogP contribution in [-0.2, 0) is 13.0 Å². The third-order valence-corrected chi connectivity index (χ3v) is 4.94. The van der Waals surface area contributed by atoms with Crippen molar-refractivity contribution in [3.63, 3.8) is 0 Å². The predicted molar refractivity (Wildman–Crippen MR) is 111 cm³/mol. The first-order valence-electron chi connectivity index (χ1n) is 9.93. The minimum atomic E-state index is -2.83. The number of ether oxygens (including phenoxy) is 1. The van der Waals surface area contributed by atoms with Crippen LogP contribution in [0.15, 0.2) is 42.6 Å². The summed E-state index contributed by atoms with van der Waals surface area (Å²) < 4.78 is 28.6. The van der Waals surface area contributed by atoms with Crippen molar-refractivity contribution >= 4 is 11.8 Å². The zero-order chi connectivity index (χ0) is 21.3. The molecule has 9 heteroatoms. The number of benzene rings is 1. The van der Waals surface area contributed by atoms with Crippen molar-refractivity contribution in [2.24, 2.45) is 0 Å². The number of rotatable bonds is 8. The van der Waals surface area contributed by atoms with Gasteiger partial charge in [-0.05, 0) is 42.8 Å². The van der Waals surface area contributed by atoms with Gasteiger partial charge in [-0.3, -0.25) is 0 Å². The Balaban J connectivity index is 1.35. The molecule has 1 saturated heterocycles. The molecule has 0 bridgehead atoms. The average molecular weight is 419 g/mol. The molecule has 0 saturated carbocycles. The number of piperazine rings is 1. The van der Waals surface area contributed by atoms with Gasteiger partial charge in [0.2, 0.25) is 0 Å². The lowest BCUT2D eigenvalue weighted by atomic mass is 10.1. The second kappa shape index (κ2) is 10.7. The molecule has 1 aromatic heterocycles. The molecule has 1 aliphatic rings. The number of halogens is 2. The van der Waals surface area contributed by atoms with E-state index in [1.54, 1.807) is 18.3 Å². The molecular formula is C21H27F2N5O2. The number of hydrogen-bond donors (Lipinski definition) is 2. The van der Waals surface area contributed by atoms with Gasteiger partial charge in [0.25, 0.3) is 0 Å². The molecule has 0 radical (unpaired) electrons. The number of nitrogens with zero attached hydrogens (tertiary/aromatic N) is 3. The summed E-state index contributed by atoms with van der Waals surface area (Å²) in [6, 6.07) is 10.1. The van der Waals surface area contributed by atoms with Crippen LogP contribution in [-0.4, -0.2) is 62.3 Å². The predicted octanol–water partition coefficient (Wildman–Crippen LogP) is 2.48. The highest BCUT2D eigenvalue weighted by Gasteiger charge is 2.15. The van der Waals surface area contributed by atoms with E-state index in [4.69, 9.17) is 0 Å². The second-order valence-corrected chi connectivity index (χ2v) is 7.20. The van der Waals surface area contributed by atoms with Crippen molar-refractivity contribution < 1.29 is 18.3 Å². The summed E-state index contributed by atoms with van der Waals surface area (Å²) in [7, 11) is 2.12. The summed E-state index contributed by atoms with van der Waals surface area (Å²) in [6.07, 6.45) is 2.38. The molecule has 1 aromatic carbocycles. The van der Waals surface area contributed by atoms with Crippen molar-refractivity contribution in [1.82, 2.24) is 20.5 Å². The summed E-state index contributed by atoms with van der Waals surface area (Å²) in [4.78, 5) is 21.0. The molecule has 7 nitrogen and oxygen atoms in total. The lowest BCUT2D eigenvalue weighted by Crippen LogP contribution is -2.44. The van der Waals surface area contributed by atoms with E-state index < -0.39 is 6.61 Å². The Morgan fingerprint density at radius 2 is 1.77 bits per heavy atom. The van der Waals surface area contributed by atoms with Gasteiger partial charge in [0.15, 0.2) is 0 Å². The number of amides is 2. The largest absolute Gasteiger partial charge is 0.435 e. The molecule has 162 valence electrons. The van der Waals surface area contributed by atoms with Crippen LogP contribution >= 0.6 is 0 Å². The van der Waals surface area contributed by atoms with E-state index in [9.17, 15) is 13.6 Å². The van der Waals surface area contributed by atoms with E-state index in [1.807, 2.05) is 12.1 Å². The van der Waals surface area contributed by atoms with E-state index in [2.05, 4.69) is 37.2 Å². The Bertz CT molecular complexity index is 794. The fourth-order valence-corrected chi connectivity index (χ4v) is 3.15. The van der Waals surface area contributed by atoms with Gasteiger partial charge in [0, 0.05) is 45.5 Å². The highest BCUT2D eigenvalue weighted by molar-refractivity contribution is 5.73. The van der Waals surface area contributed by atoms with Gasteiger partial charge in [-0.15, -0.1) is 0 Å². The molecule has 2 aromatic rings. The highest BCUT2D eigenvalue weighted by Crippen LogP contribution is 2.15. The minimum Gasteiger partial charge on any atom is -0.435 e. The fourth-order valence-electron chi connectivity index (χ4n) is 3.15. The lowest BCUT2D eigenvalue weighted by molar-refractivity contribution is -0.0498. The van der Waals surface area contributed by atoms with Gasteiger partial charge in [-0.1, -0.05) is 18.2 Å². The number of alkyl halides is 2. The molecule has 2 amide bonds. The number of carbonyl (C=O) groups excluding carboxylic acids is 1. The number of aromatic nitrogens is 1. The SMILES string of the molecule is CN1CCN(c2ccc(CNC(=O)NCCc3ccc(OC(F)F)cc3)cn2)CC1. The highest BCUT2D eigenvalue weighted by atomic mass is 19.3. The molecule has 0 spiro atoms. The Hall–Kier alpha value is -2.94. The Kier molecular flexibility index (Phi) is 7.78. The van der Waals surface area contributed by atoms with Crippen LogP contribution in [0.4, 0.5) is 19.4 Å². The van der Waals surface area contributed by atoms with Crippen LogP contribution in [0.2, 0.25) is 0 Å². The smallest absolute Gasteiger partial charge is 0.387 e. The van der Waals surface area contributed by atoms with Gasteiger partial charge in [0.05, 0.1) is 0 Å². The van der Waals surface area contributed by atoms with E-state index in [0.717, 1.165) is 43.1 Å². The van der Waals surface area contributed by atoms with Crippen molar-refractivity contribution in [2.75, 3.05) is 44.7 Å². The van der Waals surface area contributed by atoms with Crippen molar-refractivity contribution in [3.05, 3.63) is 53.7 Å². The zero-order valence-corrected chi connectivity index (χ0v) is 17.0. The van der Waals surface area contributed by atoms with Gasteiger partial charge in [-0.2, -0.15) is 8.78 Å². The maximum Gasteiger partial charge on any atom is 0.387 e. The number of anilines is 1. The van der Waals surface area contributed by atoms with Crippen LogP contribution in [0.3, 0.4) is 0 Å². The number of urea groups is 1. The van der Waals surface area contributed by atoms with Crippen LogP contribution in [0.25, 0.3) is 0 Å². The number of nitrogens with one attached hydrogen (secondary N) is 2. The monoisotopic (exact) mass is 419 g/mol. The Morgan fingerprint density at radius 1 is 1.07 bits per heavy atom. The summed E-state index contributed by atoms with van der Waals surface area (Å²) in [6.45, 7) is 1.97. The lowest BCUT2D eigenvalue weighted by Gasteiger charge is -2.33. The van der Waals surface area contributed by atoms with Crippen molar-refractivity contribution in [2.45, 2.75) is 19.6 Å².